The zero-order valence-corrected chi connectivity index (χ0v) is 14.8. The van der Waals surface area contributed by atoms with Gasteiger partial charge in [0.25, 0.3) is 0 Å². The maximum Gasteiger partial charge on any atom is 0.203 e. The fourth-order valence-corrected chi connectivity index (χ4v) is 3.47. The third-order valence-electron chi connectivity index (χ3n) is 4.70. The topological polar surface area (TPSA) is 39.7 Å². The van der Waals surface area contributed by atoms with Gasteiger partial charge in [-0.2, -0.15) is 0 Å². The van der Waals surface area contributed by atoms with Gasteiger partial charge < -0.3 is 19.5 Å². The number of nitrogens with one attached hydrogen (secondary N) is 1. The summed E-state index contributed by atoms with van der Waals surface area (Å²) in [6.45, 7) is 2.87. The van der Waals surface area contributed by atoms with Gasteiger partial charge in [0, 0.05) is 18.2 Å². The molecule has 4 nitrogen and oxygen atoms in total. The lowest BCUT2D eigenvalue weighted by molar-refractivity contribution is 0.321. The van der Waals surface area contributed by atoms with Crippen molar-refractivity contribution in [2.75, 3.05) is 21.3 Å². The van der Waals surface area contributed by atoms with Gasteiger partial charge >= 0.3 is 0 Å². The quantitative estimate of drug-likeness (QED) is 0.876. The van der Waals surface area contributed by atoms with Crippen LogP contribution >= 0.6 is 0 Å². The summed E-state index contributed by atoms with van der Waals surface area (Å²) in [7, 11) is 4.93. The van der Waals surface area contributed by atoms with Crippen LogP contribution in [0.5, 0.6) is 17.2 Å². The van der Waals surface area contributed by atoms with Gasteiger partial charge in [-0.3, -0.25) is 0 Å². The van der Waals surface area contributed by atoms with E-state index in [1.54, 1.807) is 21.3 Å². The van der Waals surface area contributed by atoms with Gasteiger partial charge in [0.15, 0.2) is 11.5 Å². The first-order chi connectivity index (χ1) is 11.7. The lowest BCUT2D eigenvalue weighted by atomic mass is 10.0. The second-order valence-corrected chi connectivity index (χ2v) is 6.17. The average Bonchev–Trinajstić information content (AvgIpc) is 3.00. The first-order valence-electron chi connectivity index (χ1n) is 8.28. The van der Waals surface area contributed by atoms with E-state index in [2.05, 4.69) is 30.4 Å². The number of benzene rings is 2. The first-order valence-corrected chi connectivity index (χ1v) is 8.28. The highest BCUT2D eigenvalue weighted by Gasteiger charge is 2.23. The van der Waals surface area contributed by atoms with Crippen LogP contribution in [0.25, 0.3) is 0 Å². The van der Waals surface area contributed by atoms with Crippen molar-refractivity contribution in [3.63, 3.8) is 0 Å². The van der Waals surface area contributed by atoms with Crippen molar-refractivity contribution >= 4 is 0 Å². The summed E-state index contributed by atoms with van der Waals surface area (Å²) in [6.07, 6.45) is 2.27. The number of fused-ring (bicyclic) bond motifs is 1. The number of aryl methyl sites for hydroxylation is 2. The highest BCUT2D eigenvalue weighted by molar-refractivity contribution is 5.55. The van der Waals surface area contributed by atoms with E-state index >= 15 is 0 Å². The number of ether oxygens (including phenoxy) is 3. The van der Waals surface area contributed by atoms with Crippen LogP contribution in [0.15, 0.2) is 30.3 Å². The number of hydrogen-bond donors (Lipinski definition) is 1. The van der Waals surface area contributed by atoms with E-state index in [4.69, 9.17) is 14.2 Å². The lowest BCUT2D eigenvalue weighted by Crippen LogP contribution is -2.19. The number of rotatable bonds is 6. The summed E-state index contributed by atoms with van der Waals surface area (Å²) in [5.41, 5.74) is 5.26. The standard InChI is InChI=1S/C20H25NO3/c1-13-5-6-14-7-9-17(16(14)11-13)21-12-15-8-10-18(22-2)20(24-4)19(15)23-3/h5-6,8,10-11,17,21H,7,9,12H2,1-4H3/t17-/m0/s1. The predicted octanol–water partition coefficient (Wildman–Crippen LogP) is 3.80. The maximum atomic E-state index is 5.57. The Hall–Kier alpha value is -2.20. The van der Waals surface area contributed by atoms with Crippen molar-refractivity contribution in [2.24, 2.45) is 0 Å². The molecule has 3 rings (SSSR count). The fraction of sp³-hybridized carbons (Fsp3) is 0.400. The fourth-order valence-electron chi connectivity index (χ4n) is 3.47. The van der Waals surface area contributed by atoms with Crippen LogP contribution in [0.2, 0.25) is 0 Å². The molecule has 4 heteroatoms. The van der Waals surface area contributed by atoms with Crippen molar-refractivity contribution in [3.05, 3.63) is 52.6 Å². The van der Waals surface area contributed by atoms with E-state index in [1.807, 2.05) is 12.1 Å². The molecule has 1 aliphatic carbocycles. The molecule has 128 valence electrons. The van der Waals surface area contributed by atoms with E-state index in [9.17, 15) is 0 Å². The van der Waals surface area contributed by atoms with E-state index in [0.717, 1.165) is 30.7 Å². The van der Waals surface area contributed by atoms with Crippen LogP contribution < -0.4 is 19.5 Å². The largest absolute Gasteiger partial charge is 0.493 e. The summed E-state index contributed by atoms with van der Waals surface area (Å²) in [4.78, 5) is 0. The Morgan fingerprint density at radius 3 is 2.50 bits per heavy atom. The van der Waals surface area contributed by atoms with Gasteiger partial charge in [0.1, 0.15) is 0 Å². The molecule has 0 saturated carbocycles. The Morgan fingerprint density at radius 1 is 1.00 bits per heavy atom. The minimum Gasteiger partial charge on any atom is -0.493 e. The van der Waals surface area contributed by atoms with Crippen LogP contribution in [0.1, 0.15) is 34.7 Å². The maximum absolute atomic E-state index is 5.57. The molecule has 2 aromatic carbocycles. The molecular weight excluding hydrogens is 302 g/mol. The van der Waals surface area contributed by atoms with Crippen LogP contribution in [-0.4, -0.2) is 21.3 Å². The molecule has 1 N–H and O–H groups in total. The lowest BCUT2D eigenvalue weighted by Gasteiger charge is -2.19. The molecule has 0 radical (unpaired) electrons. The van der Waals surface area contributed by atoms with Crippen LogP contribution in [0, 0.1) is 6.92 Å². The third kappa shape index (κ3) is 3.06. The predicted molar refractivity (Wildman–Crippen MR) is 95.2 cm³/mol. The first kappa shape index (κ1) is 16.7. The summed E-state index contributed by atoms with van der Waals surface area (Å²) in [6, 6.07) is 11.1. The minimum atomic E-state index is 0.387. The Kier molecular flexibility index (Phi) is 4.95. The second kappa shape index (κ2) is 7.14. The van der Waals surface area contributed by atoms with E-state index in [1.165, 1.54) is 16.7 Å². The van der Waals surface area contributed by atoms with Crippen LogP contribution in [-0.2, 0) is 13.0 Å². The summed E-state index contributed by atoms with van der Waals surface area (Å²) < 4.78 is 16.4. The molecule has 0 saturated heterocycles. The molecule has 0 heterocycles. The van der Waals surface area contributed by atoms with Crippen LogP contribution in [0.3, 0.4) is 0 Å². The summed E-state index contributed by atoms with van der Waals surface area (Å²) >= 11 is 0. The van der Waals surface area contributed by atoms with Gasteiger partial charge in [-0.25, -0.2) is 0 Å². The molecule has 1 aliphatic rings. The average molecular weight is 327 g/mol. The van der Waals surface area contributed by atoms with E-state index in [0.29, 0.717) is 17.5 Å². The van der Waals surface area contributed by atoms with Crippen LogP contribution in [0.4, 0.5) is 0 Å². The van der Waals surface area contributed by atoms with Gasteiger partial charge in [-0.15, -0.1) is 0 Å². The van der Waals surface area contributed by atoms with Gasteiger partial charge in [0.05, 0.1) is 21.3 Å². The Morgan fingerprint density at radius 2 is 1.79 bits per heavy atom. The smallest absolute Gasteiger partial charge is 0.203 e. The van der Waals surface area contributed by atoms with Gasteiger partial charge in [-0.1, -0.05) is 29.8 Å². The van der Waals surface area contributed by atoms with Gasteiger partial charge in [-0.05, 0) is 37.0 Å². The van der Waals surface area contributed by atoms with Crippen molar-refractivity contribution in [1.82, 2.24) is 5.32 Å². The number of hydrogen-bond acceptors (Lipinski definition) is 4. The molecule has 0 fully saturated rings. The SMILES string of the molecule is COc1ccc(CN[C@H]2CCc3ccc(C)cc32)c(OC)c1OC. The molecule has 0 aromatic heterocycles. The highest BCUT2D eigenvalue weighted by Crippen LogP contribution is 2.40. The molecular formula is C20H25NO3. The molecule has 0 unspecified atom stereocenters. The third-order valence-corrected chi connectivity index (χ3v) is 4.70. The molecule has 0 bridgehead atoms. The molecule has 24 heavy (non-hydrogen) atoms. The van der Waals surface area contributed by atoms with Crippen molar-refractivity contribution in [1.29, 1.82) is 0 Å². The Labute approximate surface area is 143 Å². The molecule has 0 amide bonds. The normalized spacial score (nSPS) is 15.9. The molecule has 0 aliphatic heterocycles. The summed E-state index contributed by atoms with van der Waals surface area (Å²) in [5, 5.41) is 3.67. The molecule has 2 aromatic rings. The molecule has 1 atom stereocenters. The highest BCUT2D eigenvalue weighted by atomic mass is 16.5. The zero-order chi connectivity index (χ0) is 17.1. The molecule has 0 spiro atoms. The summed E-state index contributed by atoms with van der Waals surface area (Å²) in [5.74, 6) is 2.05. The monoisotopic (exact) mass is 327 g/mol. The zero-order valence-electron chi connectivity index (χ0n) is 14.8. The second-order valence-electron chi connectivity index (χ2n) is 6.17. The van der Waals surface area contributed by atoms with Crippen molar-refractivity contribution in [2.45, 2.75) is 32.4 Å². The minimum absolute atomic E-state index is 0.387. The van der Waals surface area contributed by atoms with E-state index < -0.39 is 0 Å². The van der Waals surface area contributed by atoms with Crippen molar-refractivity contribution in [3.8, 4) is 17.2 Å². The Bertz CT molecular complexity index is 727. The Balaban J connectivity index is 1.80. The van der Waals surface area contributed by atoms with E-state index in [-0.39, 0.29) is 0 Å². The van der Waals surface area contributed by atoms with Crippen molar-refractivity contribution < 1.29 is 14.2 Å². The number of methoxy groups -OCH3 is 3. The van der Waals surface area contributed by atoms with Gasteiger partial charge in [0.2, 0.25) is 5.75 Å².